The van der Waals surface area contributed by atoms with Crippen LogP contribution in [0.15, 0.2) is 0 Å². The lowest BCUT2D eigenvalue weighted by molar-refractivity contribution is -0.159. The van der Waals surface area contributed by atoms with Crippen LogP contribution in [0.2, 0.25) is 0 Å². The molecule has 0 saturated carbocycles. The zero-order valence-corrected chi connectivity index (χ0v) is 8.23. The van der Waals surface area contributed by atoms with Gasteiger partial charge >= 0.3 is 0 Å². The Kier molecular flexibility index (Phi) is 7.02. The molecule has 1 atom stereocenters. The highest BCUT2D eigenvalue weighted by Crippen LogP contribution is 2.10. The minimum Gasteiger partial charge on any atom is -0.353 e. The van der Waals surface area contributed by atoms with Crippen molar-refractivity contribution >= 4 is 11.6 Å². The van der Waals surface area contributed by atoms with Crippen molar-refractivity contribution in [1.29, 1.82) is 0 Å². The molecule has 0 bridgehead atoms. The van der Waals surface area contributed by atoms with E-state index < -0.39 is 0 Å². The fraction of sp³-hybridized carbons (Fsp3) is 1.00. The Labute approximate surface area is 73.8 Å². The highest BCUT2D eigenvalue weighted by molar-refractivity contribution is 6.18. The average molecular weight is 181 g/mol. The van der Waals surface area contributed by atoms with E-state index in [1.807, 2.05) is 20.8 Å². The predicted molar refractivity (Wildman–Crippen MR) is 46.9 cm³/mol. The van der Waals surface area contributed by atoms with Crippen LogP contribution in [0.1, 0.15) is 20.8 Å². The Hall–Kier alpha value is 0.210. The first kappa shape index (κ1) is 11.2. The predicted octanol–water partition coefficient (Wildman–Crippen LogP) is 2.26. The molecule has 1 unspecified atom stereocenters. The van der Waals surface area contributed by atoms with Crippen molar-refractivity contribution in [1.82, 2.24) is 0 Å². The van der Waals surface area contributed by atoms with E-state index in [9.17, 15) is 0 Å². The lowest BCUT2D eigenvalue weighted by Gasteiger charge is -2.21. The van der Waals surface area contributed by atoms with Crippen LogP contribution in [0, 0.1) is 5.92 Å². The summed E-state index contributed by atoms with van der Waals surface area (Å²) in [6.45, 7) is 7.26. The van der Waals surface area contributed by atoms with E-state index in [1.54, 1.807) is 0 Å². The van der Waals surface area contributed by atoms with Gasteiger partial charge in [0, 0.05) is 25.0 Å². The van der Waals surface area contributed by atoms with Gasteiger partial charge in [0.1, 0.15) is 0 Å². The normalized spacial score (nSPS) is 13.9. The third-order valence-electron chi connectivity index (χ3n) is 1.37. The lowest BCUT2D eigenvalue weighted by atomic mass is 10.2. The van der Waals surface area contributed by atoms with Gasteiger partial charge in [-0.2, -0.15) is 0 Å². The lowest BCUT2D eigenvalue weighted by Crippen LogP contribution is -2.26. The Morgan fingerprint density at radius 3 is 1.91 bits per heavy atom. The van der Waals surface area contributed by atoms with Crippen molar-refractivity contribution in [3.05, 3.63) is 0 Å². The molecule has 0 aliphatic heterocycles. The van der Waals surface area contributed by atoms with Gasteiger partial charge in [-0.15, -0.1) is 11.6 Å². The van der Waals surface area contributed by atoms with Crippen molar-refractivity contribution < 1.29 is 9.47 Å². The topological polar surface area (TPSA) is 18.5 Å². The summed E-state index contributed by atoms with van der Waals surface area (Å²) in [5.74, 6) is 0.835. The third-order valence-corrected chi connectivity index (χ3v) is 1.86. The Morgan fingerprint density at radius 2 is 1.64 bits per heavy atom. The van der Waals surface area contributed by atoms with E-state index in [2.05, 4.69) is 0 Å². The van der Waals surface area contributed by atoms with Crippen LogP contribution in [0.5, 0.6) is 0 Å². The molecule has 0 rings (SSSR count). The molecule has 2 nitrogen and oxygen atoms in total. The van der Waals surface area contributed by atoms with E-state index in [1.165, 1.54) is 0 Å². The van der Waals surface area contributed by atoms with E-state index in [-0.39, 0.29) is 12.2 Å². The van der Waals surface area contributed by atoms with Gasteiger partial charge in [-0.3, -0.25) is 0 Å². The quantitative estimate of drug-likeness (QED) is 0.461. The van der Waals surface area contributed by atoms with Crippen LogP contribution in [0.3, 0.4) is 0 Å². The fourth-order valence-corrected chi connectivity index (χ4v) is 0.923. The van der Waals surface area contributed by atoms with Gasteiger partial charge in [-0.05, 0) is 13.8 Å². The molecule has 0 aliphatic rings. The maximum atomic E-state index is 5.66. The molecule has 0 aliphatic carbocycles. The van der Waals surface area contributed by atoms with E-state index in [0.717, 1.165) is 0 Å². The van der Waals surface area contributed by atoms with Gasteiger partial charge < -0.3 is 9.47 Å². The number of ether oxygens (including phenoxy) is 2. The summed E-state index contributed by atoms with van der Waals surface area (Å²) in [5.41, 5.74) is 0. The largest absolute Gasteiger partial charge is 0.353 e. The average Bonchev–Trinajstić information content (AvgIpc) is 2.03. The van der Waals surface area contributed by atoms with Gasteiger partial charge in [-0.1, -0.05) is 6.92 Å². The van der Waals surface area contributed by atoms with E-state index >= 15 is 0 Å². The summed E-state index contributed by atoms with van der Waals surface area (Å²) in [4.78, 5) is 0. The standard InChI is InChI=1S/C8H17ClO2/c1-4-10-8(11-5-2)7(3)6-9/h7-8H,4-6H2,1-3H3. The van der Waals surface area contributed by atoms with Crippen molar-refractivity contribution in [2.24, 2.45) is 5.92 Å². The summed E-state index contributed by atoms with van der Waals surface area (Å²) in [5, 5.41) is 0. The Balaban J connectivity index is 3.66. The fourth-order valence-electron chi connectivity index (χ4n) is 0.778. The molecule has 0 spiro atoms. The minimum atomic E-state index is -0.137. The van der Waals surface area contributed by atoms with Crippen molar-refractivity contribution in [3.63, 3.8) is 0 Å². The second-order valence-corrected chi connectivity index (χ2v) is 2.72. The molecule has 0 saturated heterocycles. The minimum absolute atomic E-state index is 0.137. The molecule has 0 heterocycles. The van der Waals surface area contributed by atoms with Gasteiger partial charge in [-0.25, -0.2) is 0 Å². The van der Waals surface area contributed by atoms with Gasteiger partial charge in [0.25, 0.3) is 0 Å². The zero-order chi connectivity index (χ0) is 8.69. The highest BCUT2D eigenvalue weighted by Gasteiger charge is 2.15. The van der Waals surface area contributed by atoms with Crippen molar-refractivity contribution in [2.75, 3.05) is 19.1 Å². The van der Waals surface area contributed by atoms with E-state index in [4.69, 9.17) is 21.1 Å². The van der Waals surface area contributed by atoms with E-state index in [0.29, 0.717) is 19.1 Å². The highest BCUT2D eigenvalue weighted by atomic mass is 35.5. The first-order valence-corrected chi connectivity index (χ1v) is 4.58. The summed E-state index contributed by atoms with van der Waals surface area (Å²) in [7, 11) is 0. The molecule has 11 heavy (non-hydrogen) atoms. The number of hydrogen-bond acceptors (Lipinski definition) is 2. The van der Waals surface area contributed by atoms with Crippen LogP contribution >= 0.6 is 11.6 Å². The van der Waals surface area contributed by atoms with Crippen LogP contribution in [-0.2, 0) is 9.47 Å². The van der Waals surface area contributed by atoms with Crippen LogP contribution < -0.4 is 0 Å². The second kappa shape index (κ2) is 6.89. The molecule has 0 aromatic heterocycles. The van der Waals surface area contributed by atoms with Crippen LogP contribution in [-0.4, -0.2) is 25.4 Å². The van der Waals surface area contributed by atoms with Crippen molar-refractivity contribution in [3.8, 4) is 0 Å². The molecule has 0 N–H and O–H groups in total. The van der Waals surface area contributed by atoms with Crippen molar-refractivity contribution in [2.45, 2.75) is 27.1 Å². The molecule has 0 fully saturated rings. The van der Waals surface area contributed by atoms with Gasteiger partial charge in [0.15, 0.2) is 6.29 Å². The molecule has 0 aromatic rings. The number of alkyl halides is 1. The molecule has 3 heteroatoms. The number of rotatable bonds is 6. The molecule has 0 radical (unpaired) electrons. The van der Waals surface area contributed by atoms with Crippen LogP contribution in [0.4, 0.5) is 0 Å². The molecule has 0 amide bonds. The van der Waals surface area contributed by atoms with Gasteiger partial charge in [0.2, 0.25) is 0 Å². The number of hydrogen-bond donors (Lipinski definition) is 0. The molecular weight excluding hydrogens is 164 g/mol. The molecule has 0 aromatic carbocycles. The summed E-state index contributed by atoms with van der Waals surface area (Å²) >= 11 is 5.66. The second-order valence-electron chi connectivity index (χ2n) is 2.41. The molecule has 68 valence electrons. The van der Waals surface area contributed by atoms with Gasteiger partial charge in [0.05, 0.1) is 0 Å². The molecular formula is C8H17ClO2. The maximum Gasteiger partial charge on any atom is 0.161 e. The summed E-state index contributed by atoms with van der Waals surface area (Å²) in [6.07, 6.45) is -0.137. The smallest absolute Gasteiger partial charge is 0.161 e. The monoisotopic (exact) mass is 180 g/mol. The zero-order valence-electron chi connectivity index (χ0n) is 7.47. The third kappa shape index (κ3) is 4.62. The first-order valence-electron chi connectivity index (χ1n) is 4.05. The van der Waals surface area contributed by atoms with Crippen LogP contribution in [0.25, 0.3) is 0 Å². The first-order chi connectivity index (χ1) is 5.26. The Bertz CT molecular complexity index is 82.2. The summed E-state index contributed by atoms with van der Waals surface area (Å²) < 4.78 is 10.7. The number of halogens is 1. The Morgan fingerprint density at radius 1 is 1.18 bits per heavy atom. The maximum absolute atomic E-state index is 5.66. The summed E-state index contributed by atoms with van der Waals surface area (Å²) in [6, 6.07) is 0. The SMILES string of the molecule is CCOC(OCC)C(C)CCl.